The average molecular weight is 652 g/mol. The van der Waals surface area contributed by atoms with Gasteiger partial charge >= 0.3 is 5.97 Å². The highest BCUT2D eigenvalue weighted by Crippen LogP contribution is 2.77. The van der Waals surface area contributed by atoms with Gasteiger partial charge < -0.3 is 15.5 Å². The molecule has 0 saturated heterocycles. The summed E-state index contributed by atoms with van der Waals surface area (Å²) in [6.45, 7) is 20.1. The second-order valence-electron chi connectivity index (χ2n) is 18.1. The van der Waals surface area contributed by atoms with Gasteiger partial charge in [0, 0.05) is 5.41 Å². The van der Waals surface area contributed by atoms with Crippen molar-refractivity contribution in [2.45, 2.75) is 157 Å². The number of aliphatic hydroxyl groups is 1. The fourth-order valence-corrected chi connectivity index (χ4v) is 12.9. The number of rotatable bonds is 12. The highest BCUT2D eigenvalue weighted by molar-refractivity contribution is 5.98. The van der Waals surface area contributed by atoms with Crippen LogP contribution in [0.25, 0.3) is 0 Å². The van der Waals surface area contributed by atoms with Crippen LogP contribution in [0.3, 0.4) is 0 Å². The number of ketones is 1. The summed E-state index contributed by atoms with van der Waals surface area (Å²) in [7, 11) is 0. The number of hydrogen-bond donors (Lipinski definition) is 3. The number of aliphatic carboxylic acids is 1. The number of unbranched alkanes of at least 4 members (excludes halogenated alkanes) is 6. The zero-order valence-electron chi connectivity index (χ0n) is 30.7. The van der Waals surface area contributed by atoms with Crippen molar-refractivity contribution in [2.24, 2.45) is 56.7 Å². The second-order valence-corrected chi connectivity index (χ2v) is 18.1. The molecule has 10 atom stereocenters. The highest BCUT2D eigenvalue weighted by atomic mass is 16.4. The maximum absolute atomic E-state index is 14.5. The predicted octanol–water partition coefficient (Wildman–Crippen LogP) is 9.58. The minimum atomic E-state index is -0.921. The highest BCUT2D eigenvalue weighted by Gasteiger charge is 2.72. The first-order valence-corrected chi connectivity index (χ1v) is 19.2. The molecule has 4 saturated carbocycles. The van der Waals surface area contributed by atoms with E-state index in [4.69, 9.17) is 0 Å². The fourth-order valence-electron chi connectivity index (χ4n) is 12.9. The van der Waals surface area contributed by atoms with Crippen LogP contribution in [0, 0.1) is 56.7 Å². The van der Waals surface area contributed by atoms with Gasteiger partial charge in [-0.3, -0.25) is 9.59 Å². The van der Waals surface area contributed by atoms with Crippen LogP contribution in [0.1, 0.15) is 151 Å². The van der Waals surface area contributed by atoms with Crippen molar-refractivity contribution in [3.63, 3.8) is 0 Å². The number of nitrogens with one attached hydrogen (secondary N) is 1. The molecule has 1 amide bonds. The lowest BCUT2D eigenvalue weighted by atomic mass is 9.33. The Labute approximate surface area is 285 Å². The number of amides is 1. The third-order valence-corrected chi connectivity index (χ3v) is 15.5. The van der Waals surface area contributed by atoms with Gasteiger partial charge in [-0.05, 0) is 117 Å². The summed E-state index contributed by atoms with van der Waals surface area (Å²) in [6, 6.07) is -0.842. The molecule has 1 unspecified atom stereocenters. The van der Waals surface area contributed by atoms with Crippen LogP contribution >= 0.6 is 0 Å². The van der Waals surface area contributed by atoms with Crippen LogP contribution in [0.5, 0.6) is 0 Å². The topological polar surface area (TPSA) is 104 Å². The summed E-state index contributed by atoms with van der Waals surface area (Å²) in [5, 5.41) is 24.2. The Balaban J connectivity index is 1.41. The molecule has 0 bridgehead atoms. The van der Waals surface area contributed by atoms with E-state index in [9.17, 15) is 24.6 Å². The van der Waals surface area contributed by atoms with Crippen molar-refractivity contribution >= 4 is 17.7 Å². The summed E-state index contributed by atoms with van der Waals surface area (Å²) in [4.78, 5) is 40.1. The van der Waals surface area contributed by atoms with Crippen LogP contribution in [-0.4, -0.2) is 33.9 Å². The fraction of sp³-hybridized carbons (Fsp3) is 0.829. The van der Waals surface area contributed by atoms with Gasteiger partial charge in [-0.2, -0.15) is 0 Å². The van der Waals surface area contributed by atoms with Gasteiger partial charge in [0.25, 0.3) is 0 Å². The molecule has 6 heteroatoms. The van der Waals surface area contributed by atoms with Gasteiger partial charge in [-0.15, -0.1) is 0 Å². The van der Waals surface area contributed by atoms with E-state index in [0.29, 0.717) is 18.3 Å². The maximum atomic E-state index is 14.5. The average Bonchev–Trinajstić information content (AvgIpc) is 3.40. The molecule has 5 aliphatic rings. The number of carbonyl (C=O) groups is 3. The number of carbonyl (C=O) groups excluding carboxylic acids is 2. The number of Topliss-reactive ketones (excluding diaryl/α,β-unsaturated/α-hetero) is 1. The molecule has 6 nitrogen and oxygen atoms in total. The Bertz CT molecular complexity index is 1280. The quantitative estimate of drug-likeness (QED) is 0.144. The molecular weight excluding hydrogens is 586 g/mol. The Morgan fingerprint density at radius 3 is 2.19 bits per heavy atom. The number of carboxylic acid groups (broad SMARTS) is 1. The molecular formula is C41H65NO5. The first-order valence-electron chi connectivity index (χ1n) is 19.2. The van der Waals surface area contributed by atoms with Crippen molar-refractivity contribution in [2.75, 3.05) is 0 Å². The summed E-state index contributed by atoms with van der Waals surface area (Å²) in [6.07, 6.45) is 17.7. The number of fused-ring (bicyclic) bond motifs is 7. The van der Waals surface area contributed by atoms with E-state index in [2.05, 4.69) is 46.5 Å². The standard InChI is InChI=1S/C41H65NO5/c1-9-10-11-12-13-14-15-16-29(35(45)46)42-36(47)41-22-19-27(26(2)3)33(41)28-17-18-32-38(6)25-30(43)34(44)37(4,5)31(38)20-21-40(32,8)39(28,7)23-24-41/h25,27-29,31-33,43H,2,9-24H2,1,3-8H3,(H,42,47)(H,45,46)/t27-,28+,29?,31-,32+,33+,38-,39+,40+,41-/m0/s1. The molecule has 4 fully saturated rings. The smallest absolute Gasteiger partial charge is 0.326 e. The minimum absolute atomic E-state index is 0.0139. The molecule has 0 aromatic carbocycles. The van der Waals surface area contributed by atoms with Crippen LogP contribution in [0.2, 0.25) is 0 Å². The van der Waals surface area contributed by atoms with E-state index in [-0.39, 0.29) is 51.4 Å². The normalized spacial score (nSPS) is 41.0. The monoisotopic (exact) mass is 651 g/mol. The molecule has 5 aliphatic carbocycles. The van der Waals surface area contributed by atoms with E-state index in [1.54, 1.807) is 0 Å². The van der Waals surface area contributed by atoms with E-state index >= 15 is 0 Å². The molecule has 264 valence electrons. The number of hydrogen-bond acceptors (Lipinski definition) is 4. The first-order chi connectivity index (χ1) is 22.0. The van der Waals surface area contributed by atoms with Crippen molar-refractivity contribution in [3.8, 4) is 0 Å². The minimum Gasteiger partial charge on any atom is -0.505 e. The van der Waals surface area contributed by atoms with E-state index in [1.165, 1.54) is 25.7 Å². The molecule has 0 spiro atoms. The Morgan fingerprint density at radius 2 is 1.55 bits per heavy atom. The third-order valence-electron chi connectivity index (χ3n) is 15.5. The molecule has 47 heavy (non-hydrogen) atoms. The van der Waals surface area contributed by atoms with E-state index in [0.717, 1.165) is 76.2 Å². The third kappa shape index (κ3) is 5.64. The zero-order valence-corrected chi connectivity index (χ0v) is 30.7. The van der Waals surface area contributed by atoms with Crippen molar-refractivity contribution in [3.05, 3.63) is 24.0 Å². The second kappa shape index (κ2) is 13.0. The van der Waals surface area contributed by atoms with Crippen molar-refractivity contribution in [1.29, 1.82) is 0 Å². The Morgan fingerprint density at radius 1 is 0.894 bits per heavy atom. The lowest BCUT2D eigenvalue weighted by Gasteiger charge is -2.71. The summed E-state index contributed by atoms with van der Waals surface area (Å²) in [5.41, 5.74) is -0.324. The maximum Gasteiger partial charge on any atom is 0.326 e. The molecule has 5 rings (SSSR count). The lowest BCUT2D eigenvalue weighted by Crippen LogP contribution is -2.67. The molecule has 3 N–H and O–H groups in total. The lowest BCUT2D eigenvalue weighted by molar-refractivity contribution is -0.219. The largest absolute Gasteiger partial charge is 0.505 e. The number of carboxylic acids is 1. The van der Waals surface area contributed by atoms with E-state index in [1.807, 2.05) is 19.9 Å². The van der Waals surface area contributed by atoms with Crippen LogP contribution in [0.15, 0.2) is 24.0 Å². The van der Waals surface area contributed by atoms with Crippen LogP contribution in [-0.2, 0) is 14.4 Å². The summed E-state index contributed by atoms with van der Waals surface area (Å²) in [5.74, 6) is 0.0868. The van der Waals surface area contributed by atoms with Crippen molar-refractivity contribution < 1.29 is 24.6 Å². The van der Waals surface area contributed by atoms with E-state index < -0.39 is 22.8 Å². The molecule has 0 radical (unpaired) electrons. The van der Waals surface area contributed by atoms with Crippen LogP contribution in [0.4, 0.5) is 0 Å². The molecule has 0 aromatic heterocycles. The SMILES string of the molecule is C=C(C)[C@@H]1CC[C@]2(C(=O)NC(CCCCCCCCC)C(=O)O)CC[C@]3(C)[C@H](CC[C@@H]4[C@@]5(C)C=C(O)C(=O)C(C)(C)[C@@H]5CC[C@]43C)[C@@H]12. The Kier molecular flexibility index (Phi) is 9.99. The van der Waals surface area contributed by atoms with Gasteiger partial charge in [0.1, 0.15) is 6.04 Å². The van der Waals surface area contributed by atoms with Crippen LogP contribution < -0.4 is 5.32 Å². The first kappa shape index (κ1) is 36.2. The molecule has 0 aromatic rings. The zero-order chi connectivity index (χ0) is 34.6. The summed E-state index contributed by atoms with van der Waals surface area (Å²) < 4.78 is 0. The summed E-state index contributed by atoms with van der Waals surface area (Å²) >= 11 is 0. The van der Waals surface area contributed by atoms with Gasteiger partial charge in [0.15, 0.2) is 5.76 Å². The van der Waals surface area contributed by atoms with Gasteiger partial charge in [-0.1, -0.05) is 98.6 Å². The predicted molar refractivity (Wildman–Crippen MR) is 188 cm³/mol. The Hall–Kier alpha value is -2.11. The number of allylic oxidation sites excluding steroid dienone is 3. The molecule has 0 aliphatic heterocycles. The van der Waals surface area contributed by atoms with Gasteiger partial charge in [0.2, 0.25) is 11.7 Å². The number of aliphatic hydroxyl groups excluding tert-OH is 1. The van der Waals surface area contributed by atoms with Crippen molar-refractivity contribution in [1.82, 2.24) is 5.32 Å². The van der Waals surface area contributed by atoms with Gasteiger partial charge in [0.05, 0.1) is 5.41 Å². The molecule has 0 heterocycles. The van der Waals surface area contributed by atoms with Gasteiger partial charge in [-0.25, -0.2) is 4.79 Å².